The molecular weight excluding hydrogens is 304 g/mol. The summed E-state index contributed by atoms with van der Waals surface area (Å²) in [6.07, 6.45) is 0. The van der Waals surface area contributed by atoms with Crippen molar-refractivity contribution in [2.45, 2.75) is 0 Å². The van der Waals surface area contributed by atoms with Gasteiger partial charge in [0.15, 0.2) is 0 Å². The number of benzene rings is 2. The fourth-order valence-electron chi connectivity index (χ4n) is 1.83. The summed E-state index contributed by atoms with van der Waals surface area (Å²) < 4.78 is 31.9. The van der Waals surface area contributed by atoms with E-state index in [1.807, 2.05) is 0 Å². The lowest BCUT2D eigenvalue weighted by Gasteiger charge is -2.11. The monoisotopic (exact) mass is 313 g/mol. The number of oxime groups is 1. The number of aromatic hydroxyl groups is 1. The van der Waals surface area contributed by atoms with Crippen LogP contribution in [0.25, 0.3) is 0 Å². The van der Waals surface area contributed by atoms with Gasteiger partial charge in [-0.1, -0.05) is 16.8 Å². The molecule has 2 aromatic rings. The van der Waals surface area contributed by atoms with Gasteiger partial charge in [0.1, 0.15) is 33.9 Å². The van der Waals surface area contributed by atoms with Crippen LogP contribution in [0.4, 0.5) is 8.78 Å². The Kier molecular flexibility index (Phi) is 4.28. The Morgan fingerprint density at radius 1 is 1.19 bits per heavy atom. The van der Waals surface area contributed by atoms with Crippen LogP contribution in [0.15, 0.2) is 35.5 Å². The molecule has 2 aromatic carbocycles. The fourth-order valence-corrected chi connectivity index (χ4v) is 2.07. The molecule has 21 heavy (non-hydrogen) atoms. The van der Waals surface area contributed by atoms with E-state index in [-0.39, 0.29) is 27.6 Å². The number of ether oxygens (including phenoxy) is 1. The summed E-state index contributed by atoms with van der Waals surface area (Å²) in [4.78, 5) is 0. The minimum atomic E-state index is -0.810. The van der Waals surface area contributed by atoms with E-state index in [0.717, 1.165) is 18.2 Å². The smallest absolute Gasteiger partial charge is 0.147 e. The fraction of sp³-hybridized carbons (Fsp3) is 0.0714. The Balaban J connectivity index is 2.63. The summed E-state index contributed by atoms with van der Waals surface area (Å²) in [5.74, 6) is -1.80. The Morgan fingerprint density at radius 3 is 2.52 bits per heavy atom. The largest absolute Gasteiger partial charge is 0.506 e. The molecule has 0 amide bonds. The molecule has 0 fully saturated rings. The SMILES string of the molecule is COc1ccc(C(=NO)c2cc(F)ccc2F)c(O)c1Cl. The van der Waals surface area contributed by atoms with Crippen LogP contribution in [0.3, 0.4) is 0 Å². The van der Waals surface area contributed by atoms with E-state index in [1.54, 1.807) is 0 Å². The van der Waals surface area contributed by atoms with Gasteiger partial charge < -0.3 is 15.1 Å². The number of nitrogens with zero attached hydrogens (tertiary/aromatic N) is 1. The van der Waals surface area contributed by atoms with Gasteiger partial charge in [0.25, 0.3) is 0 Å². The van der Waals surface area contributed by atoms with Crippen molar-refractivity contribution in [3.63, 3.8) is 0 Å². The maximum atomic E-state index is 13.8. The highest BCUT2D eigenvalue weighted by molar-refractivity contribution is 6.34. The molecule has 0 aliphatic heterocycles. The third-order valence-electron chi connectivity index (χ3n) is 2.84. The molecule has 0 heterocycles. The van der Waals surface area contributed by atoms with Crippen molar-refractivity contribution in [1.82, 2.24) is 0 Å². The van der Waals surface area contributed by atoms with Gasteiger partial charge in [0.2, 0.25) is 0 Å². The zero-order chi connectivity index (χ0) is 15.6. The molecule has 0 unspecified atom stereocenters. The first-order valence-electron chi connectivity index (χ1n) is 5.73. The van der Waals surface area contributed by atoms with Gasteiger partial charge in [-0.25, -0.2) is 8.78 Å². The standard InChI is InChI=1S/C14H10ClF2NO3/c1-21-11-5-3-8(14(19)12(11)15)13(18-20)9-6-7(16)2-4-10(9)17/h2-6,19-20H,1H3. The molecule has 2 N–H and O–H groups in total. The quantitative estimate of drug-likeness (QED) is 0.517. The van der Waals surface area contributed by atoms with Gasteiger partial charge >= 0.3 is 0 Å². The minimum Gasteiger partial charge on any atom is -0.506 e. The van der Waals surface area contributed by atoms with E-state index in [0.29, 0.717) is 0 Å². The van der Waals surface area contributed by atoms with E-state index in [4.69, 9.17) is 21.5 Å². The molecule has 4 nitrogen and oxygen atoms in total. The van der Waals surface area contributed by atoms with Crippen molar-refractivity contribution in [2.75, 3.05) is 7.11 Å². The van der Waals surface area contributed by atoms with Crippen LogP contribution in [0.5, 0.6) is 11.5 Å². The van der Waals surface area contributed by atoms with E-state index < -0.39 is 17.4 Å². The lowest BCUT2D eigenvalue weighted by atomic mass is 10.0. The third kappa shape index (κ3) is 2.75. The maximum Gasteiger partial charge on any atom is 0.147 e. The van der Waals surface area contributed by atoms with Crippen LogP contribution >= 0.6 is 11.6 Å². The lowest BCUT2D eigenvalue weighted by Crippen LogP contribution is -2.07. The summed E-state index contributed by atoms with van der Waals surface area (Å²) in [7, 11) is 1.35. The Labute approximate surface area is 123 Å². The van der Waals surface area contributed by atoms with E-state index in [9.17, 15) is 13.9 Å². The van der Waals surface area contributed by atoms with Crippen molar-refractivity contribution in [3.05, 3.63) is 58.1 Å². The third-order valence-corrected chi connectivity index (χ3v) is 3.20. The normalized spacial score (nSPS) is 11.5. The van der Waals surface area contributed by atoms with Crippen LogP contribution in [0.1, 0.15) is 11.1 Å². The van der Waals surface area contributed by atoms with Crippen LogP contribution in [0.2, 0.25) is 5.02 Å². The second-order valence-electron chi connectivity index (χ2n) is 4.05. The van der Waals surface area contributed by atoms with Gasteiger partial charge in [-0.15, -0.1) is 0 Å². The predicted octanol–water partition coefficient (Wildman–Crippen LogP) is 3.56. The zero-order valence-electron chi connectivity index (χ0n) is 10.8. The molecule has 0 saturated carbocycles. The number of phenols is 1. The number of rotatable bonds is 3. The number of methoxy groups -OCH3 is 1. The van der Waals surface area contributed by atoms with Gasteiger partial charge in [-0.05, 0) is 30.3 Å². The first-order valence-corrected chi connectivity index (χ1v) is 6.10. The van der Waals surface area contributed by atoms with Crippen molar-refractivity contribution in [3.8, 4) is 11.5 Å². The minimum absolute atomic E-state index is 0.0622. The van der Waals surface area contributed by atoms with Crippen molar-refractivity contribution < 1.29 is 23.8 Å². The summed E-state index contributed by atoms with van der Waals surface area (Å²) in [6.45, 7) is 0. The van der Waals surface area contributed by atoms with Crippen LogP contribution in [-0.2, 0) is 0 Å². The highest BCUT2D eigenvalue weighted by Gasteiger charge is 2.20. The highest BCUT2D eigenvalue weighted by Crippen LogP contribution is 2.37. The van der Waals surface area contributed by atoms with Crippen LogP contribution in [-0.4, -0.2) is 23.1 Å². The topological polar surface area (TPSA) is 62.0 Å². The second kappa shape index (κ2) is 5.97. The lowest BCUT2D eigenvalue weighted by molar-refractivity contribution is 0.319. The van der Waals surface area contributed by atoms with E-state index in [2.05, 4.69) is 5.16 Å². The molecule has 0 bridgehead atoms. The van der Waals surface area contributed by atoms with Gasteiger partial charge in [-0.3, -0.25) is 0 Å². The van der Waals surface area contributed by atoms with Gasteiger partial charge in [0.05, 0.1) is 7.11 Å². The summed E-state index contributed by atoms with van der Waals surface area (Å²) in [5.41, 5.74) is -0.726. The van der Waals surface area contributed by atoms with E-state index >= 15 is 0 Å². The van der Waals surface area contributed by atoms with Crippen molar-refractivity contribution >= 4 is 17.3 Å². The second-order valence-corrected chi connectivity index (χ2v) is 4.43. The average molecular weight is 314 g/mol. The Morgan fingerprint density at radius 2 is 1.90 bits per heavy atom. The van der Waals surface area contributed by atoms with E-state index in [1.165, 1.54) is 19.2 Å². The first kappa shape index (κ1) is 15.1. The molecule has 2 rings (SSSR count). The number of hydrogen-bond acceptors (Lipinski definition) is 4. The maximum absolute atomic E-state index is 13.8. The predicted molar refractivity (Wildman–Crippen MR) is 73.5 cm³/mol. The van der Waals surface area contributed by atoms with Gasteiger partial charge in [0, 0.05) is 11.1 Å². The molecule has 0 atom stereocenters. The molecule has 0 aromatic heterocycles. The number of hydrogen-bond donors (Lipinski definition) is 2. The molecule has 7 heteroatoms. The number of halogens is 3. The average Bonchev–Trinajstić information content (AvgIpc) is 2.48. The molecule has 0 saturated heterocycles. The molecule has 0 aliphatic carbocycles. The van der Waals surface area contributed by atoms with Crippen LogP contribution < -0.4 is 4.74 Å². The Hall–Kier alpha value is -2.34. The highest BCUT2D eigenvalue weighted by atomic mass is 35.5. The van der Waals surface area contributed by atoms with Crippen molar-refractivity contribution in [1.29, 1.82) is 0 Å². The zero-order valence-corrected chi connectivity index (χ0v) is 11.5. The number of phenolic OH excluding ortho intramolecular Hbond substituents is 1. The molecular formula is C14H10ClF2NO3. The molecule has 0 spiro atoms. The van der Waals surface area contributed by atoms with Gasteiger partial charge in [-0.2, -0.15) is 0 Å². The molecule has 0 aliphatic rings. The molecule has 110 valence electrons. The first-order chi connectivity index (χ1) is 9.99. The summed E-state index contributed by atoms with van der Waals surface area (Å²) in [5, 5.41) is 21.9. The Bertz CT molecular complexity index is 720. The summed E-state index contributed by atoms with van der Waals surface area (Å²) in [6, 6.07) is 5.38. The van der Waals surface area contributed by atoms with Crippen LogP contribution in [0, 0.1) is 11.6 Å². The summed E-state index contributed by atoms with van der Waals surface area (Å²) >= 11 is 5.88. The van der Waals surface area contributed by atoms with Crippen molar-refractivity contribution in [2.24, 2.45) is 5.16 Å². The molecule has 0 radical (unpaired) electrons.